The van der Waals surface area contributed by atoms with Gasteiger partial charge in [-0.05, 0) is 23.8 Å². The van der Waals surface area contributed by atoms with Gasteiger partial charge in [0.15, 0.2) is 11.5 Å². The lowest BCUT2D eigenvalue weighted by atomic mass is 9.94. The Morgan fingerprint density at radius 2 is 2.00 bits per heavy atom. The van der Waals surface area contributed by atoms with Crippen molar-refractivity contribution in [1.29, 1.82) is 0 Å². The third-order valence-electron chi connectivity index (χ3n) is 4.14. The van der Waals surface area contributed by atoms with Crippen LogP contribution < -0.4 is 11.1 Å². The maximum atomic E-state index is 12.5. The molecule has 2 aromatic carbocycles. The Morgan fingerprint density at radius 1 is 1.25 bits per heavy atom. The lowest BCUT2D eigenvalue weighted by molar-refractivity contribution is -0.120. The van der Waals surface area contributed by atoms with Crippen LogP contribution >= 0.6 is 0 Å². The first-order chi connectivity index (χ1) is 11.6. The summed E-state index contributed by atoms with van der Waals surface area (Å²) < 4.78 is 5.58. The van der Waals surface area contributed by atoms with E-state index in [2.05, 4.69) is 10.3 Å². The Morgan fingerprint density at radius 3 is 2.71 bits per heavy atom. The van der Waals surface area contributed by atoms with Crippen molar-refractivity contribution < 1.29 is 9.21 Å². The Labute approximate surface area is 140 Å². The van der Waals surface area contributed by atoms with Crippen molar-refractivity contribution in [3.8, 4) is 0 Å². The molecule has 0 aliphatic rings. The maximum Gasteiger partial charge on any atom is 0.229 e. The highest BCUT2D eigenvalue weighted by Gasteiger charge is 2.22. The molecule has 1 heterocycles. The van der Waals surface area contributed by atoms with Crippen molar-refractivity contribution in [3.63, 3.8) is 0 Å². The molecule has 5 heteroatoms. The summed E-state index contributed by atoms with van der Waals surface area (Å²) in [7, 11) is 0. The lowest BCUT2D eigenvalue weighted by Gasteiger charge is -2.19. The smallest absolute Gasteiger partial charge is 0.229 e. The summed E-state index contributed by atoms with van der Waals surface area (Å²) in [5, 5.41) is 2.91. The molecule has 0 aliphatic heterocycles. The fourth-order valence-corrected chi connectivity index (χ4v) is 2.59. The van der Waals surface area contributed by atoms with Crippen molar-refractivity contribution in [2.75, 3.05) is 5.32 Å². The first-order valence-corrected chi connectivity index (χ1v) is 8.09. The summed E-state index contributed by atoms with van der Waals surface area (Å²) in [4.78, 5) is 16.9. The molecule has 2 unspecified atom stereocenters. The number of hydrogen-bond donors (Lipinski definition) is 2. The number of amides is 1. The molecule has 0 aliphatic carbocycles. The van der Waals surface area contributed by atoms with E-state index in [0.717, 1.165) is 23.1 Å². The highest BCUT2D eigenvalue weighted by atomic mass is 16.3. The minimum atomic E-state index is -0.355. The van der Waals surface area contributed by atoms with Crippen LogP contribution in [0.2, 0.25) is 0 Å². The number of nitrogens with one attached hydrogen (secondary N) is 1. The molecule has 124 valence electrons. The SMILES string of the molecule is CCc1nc2cc(NC(=O)C(C)C(N)c3ccccc3)ccc2o1. The van der Waals surface area contributed by atoms with Gasteiger partial charge >= 0.3 is 0 Å². The Hall–Kier alpha value is -2.66. The molecule has 0 saturated heterocycles. The second-order valence-electron chi connectivity index (χ2n) is 5.86. The quantitative estimate of drug-likeness (QED) is 0.750. The van der Waals surface area contributed by atoms with Gasteiger partial charge in [0.25, 0.3) is 0 Å². The minimum absolute atomic E-state index is 0.120. The standard InChI is InChI=1S/C19H21N3O2/c1-3-17-22-15-11-14(9-10-16(15)24-17)21-19(23)12(2)18(20)13-7-5-4-6-8-13/h4-12,18H,3,20H2,1-2H3,(H,21,23). The van der Waals surface area contributed by atoms with Crippen LogP contribution in [0.3, 0.4) is 0 Å². The van der Waals surface area contributed by atoms with Crippen LogP contribution in [0.1, 0.15) is 31.3 Å². The van der Waals surface area contributed by atoms with E-state index in [9.17, 15) is 4.79 Å². The van der Waals surface area contributed by atoms with E-state index in [1.807, 2.05) is 62.4 Å². The summed E-state index contributed by atoms with van der Waals surface area (Å²) in [6.07, 6.45) is 0.735. The largest absolute Gasteiger partial charge is 0.441 e. The molecule has 0 radical (unpaired) electrons. The molecule has 1 aromatic heterocycles. The molecular formula is C19H21N3O2. The van der Waals surface area contributed by atoms with E-state index in [0.29, 0.717) is 11.6 Å². The molecule has 0 bridgehead atoms. The molecule has 5 nitrogen and oxygen atoms in total. The molecule has 0 saturated carbocycles. The molecule has 3 rings (SSSR count). The van der Waals surface area contributed by atoms with E-state index >= 15 is 0 Å². The predicted octanol–water partition coefficient (Wildman–Crippen LogP) is 3.66. The van der Waals surface area contributed by atoms with Gasteiger partial charge in [-0.25, -0.2) is 4.98 Å². The van der Waals surface area contributed by atoms with Gasteiger partial charge in [0, 0.05) is 18.2 Å². The van der Waals surface area contributed by atoms with Crippen LogP contribution in [-0.2, 0) is 11.2 Å². The molecule has 2 atom stereocenters. The van der Waals surface area contributed by atoms with Crippen LogP contribution in [0.15, 0.2) is 52.9 Å². The number of fused-ring (bicyclic) bond motifs is 1. The van der Waals surface area contributed by atoms with Crippen LogP contribution in [0.25, 0.3) is 11.1 Å². The summed E-state index contributed by atoms with van der Waals surface area (Å²) in [6.45, 7) is 3.82. The molecular weight excluding hydrogens is 302 g/mol. The number of anilines is 1. The van der Waals surface area contributed by atoms with Gasteiger partial charge < -0.3 is 15.5 Å². The Balaban J connectivity index is 1.74. The monoisotopic (exact) mass is 323 g/mol. The average molecular weight is 323 g/mol. The number of benzene rings is 2. The maximum absolute atomic E-state index is 12.5. The van der Waals surface area contributed by atoms with Crippen LogP contribution in [0.5, 0.6) is 0 Å². The fraction of sp³-hybridized carbons (Fsp3) is 0.263. The highest BCUT2D eigenvalue weighted by Crippen LogP contribution is 2.23. The van der Waals surface area contributed by atoms with Gasteiger partial charge in [0.1, 0.15) is 5.52 Å². The third-order valence-corrected chi connectivity index (χ3v) is 4.14. The van der Waals surface area contributed by atoms with Crippen molar-refractivity contribution in [3.05, 3.63) is 60.0 Å². The zero-order valence-corrected chi connectivity index (χ0v) is 13.8. The lowest BCUT2D eigenvalue weighted by Crippen LogP contribution is -2.30. The molecule has 0 spiro atoms. The van der Waals surface area contributed by atoms with Gasteiger partial charge in [-0.15, -0.1) is 0 Å². The Bertz CT molecular complexity index is 842. The molecule has 24 heavy (non-hydrogen) atoms. The Kier molecular flexibility index (Phi) is 4.62. The zero-order valence-electron chi connectivity index (χ0n) is 13.8. The number of carbonyl (C=O) groups is 1. The number of hydrogen-bond acceptors (Lipinski definition) is 4. The average Bonchev–Trinajstić information content (AvgIpc) is 3.03. The van der Waals surface area contributed by atoms with E-state index in [1.165, 1.54) is 0 Å². The van der Waals surface area contributed by atoms with E-state index in [-0.39, 0.29) is 17.9 Å². The van der Waals surface area contributed by atoms with Gasteiger partial charge in [-0.1, -0.05) is 44.2 Å². The summed E-state index contributed by atoms with van der Waals surface area (Å²) in [5.41, 5.74) is 9.31. The number of carbonyl (C=O) groups excluding carboxylic acids is 1. The van der Waals surface area contributed by atoms with Crippen LogP contribution in [-0.4, -0.2) is 10.9 Å². The van der Waals surface area contributed by atoms with Crippen LogP contribution in [0, 0.1) is 5.92 Å². The van der Waals surface area contributed by atoms with Crippen molar-refractivity contribution >= 4 is 22.7 Å². The molecule has 1 amide bonds. The predicted molar refractivity (Wildman–Crippen MR) is 94.6 cm³/mol. The molecule has 3 N–H and O–H groups in total. The number of oxazole rings is 1. The van der Waals surface area contributed by atoms with Crippen molar-refractivity contribution in [1.82, 2.24) is 4.98 Å². The normalized spacial score (nSPS) is 13.6. The van der Waals surface area contributed by atoms with Crippen LogP contribution in [0.4, 0.5) is 5.69 Å². The van der Waals surface area contributed by atoms with E-state index in [4.69, 9.17) is 10.2 Å². The van der Waals surface area contributed by atoms with Crippen molar-refractivity contribution in [2.45, 2.75) is 26.3 Å². The number of rotatable bonds is 5. The van der Waals surface area contributed by atoms with E-state index < -0.39 is 0 Å². The van der Waals surface area contributed by atoms with Gasteiger partial charge in [0.05, 0.1) is 5.92 Å². The first-order valence-electron chi connectivity index (χ1n) is 8.09. The fourth-order valence-electron chi connectivity index (χ4n) is 2.59. The highest BCUT2D eigenvalue weighted by molar-refractivity contribution is 5.94. The number of nitrogens with zero attached hydrogens (tertiary/aromatic N) is 1. The number of aromatic nitrogens is 1. The van der Waals surface area contributed by atoms with E-state index in [1.54, 1.807) is 0 Å². The molecule has 3 aromatic rings. The minimum Gasteiger partial charge on any atom is -0.441 e. The van der Waals surface area contributed by atoms with Gasteiger partial charge in [-0.3, -0.25) is 4.79 Å². The number of nitrogens with two attached hydrogens (primary N) is 1. The first kappa shape index (κ1) is 16.2. The summed E-state index contributed by atoms with van der Waals surface area (Å²) in [6, 6.07) is 14.7. The second kappa shape index (κ2) is 6.84. The van der Waals surface area contributed by atoms with Crippen molar-refractivity contribution in [2.24, 2.45) is 11.7 Å². The third kappa shape index (κ3) is 3.31. The second-order valence-corrected chi connectivity index (χ2v) is 5.86. The number of aryl methyl sites for hydroxylation is 1. The van der Waals surface area contributed by atoms with Gasteiger partial charge in [0.2, 0.25) is 5.91 Å². The topological polar surface area (TPSA) is 81.2 Å². The van der Waals surface area contributed by atoms with Gasteiger partial charge in [-0.2, -0.15) is 0 Å². The summed E-state index contributed by atoms with van der Waals surface area (Å²) >= 11 is 0. The summed E-state index contributed by atoms with van der Waals surface area (Å²) in [5.74, 6) is 0.212. The zero-order chi connectivity index (χ0) is 17.1. The molecule has 0 fully saturated rings.